The summed E-state index contributed by atoms with van der Waals surface area (Å²) in [6, 6.07) is 11.8. The van der Waals surface area contributed by atoms with E-state index in [1.807, 2.05) is 22.6 Å². The van der Waals surface area contributed by atoms with Crippen molar-refractivity contribution in [3.63, 3.8) is 0 Å². The number of rotatable bonds is 12. The van der Waals surface area contributed by atoms with Crippen molar-refractivity contribution in [1.82, 2.24) is 48.8 Å². The average molecular weight is 1260 g/mol. The number of aliphatic hydroxyl groups is 6. The summed E-state index contributed by atoms with van der Waals surface area (Å²) in [4.78, 5) is 73.2. The molecule has 10 N–H and O–H groups in total. The minimum atomic E-state index is -1.30. The van der Waals surface area contributed by atoms with Gasteiger partial charge in [-0.3, -0.25) is 29.4 Å². The van der Waals surface area contributed by atoms with Crippen molar-refractivity contribution in [1.29, 1.82) is 0 Å². The molecule has 0 saturated carbocycles. The topological polar surface area (TPSA) is 424 Å². The summed E-state index contributed by atoms with van der Waals surface area (Å²) >= 11 is 1.92. The van der Waals surface area contributed by atoms with E-state index in [0.717, 1.165) is 37.7 Å². The Balaban J connectivity index is 0.000000180. The highest BCUT2D eigenvalue weighted by Gasteiger charge is 2.45. The largest absolute Gasteiger partial charge is 0.445 e. The van der Waals surface area contributed by atoms with Crippen molar-refractivity contribution in [2.75, 3.05) is 50.9 Å². The number of carbonyl (C=O) groups is 2. The quantitative estimate of drug-likeness (QED) is 0.0286. The number of nitrogens with zero attached hydrogens (tertiary/aromatic N) is 12. The first-order valence-electron chi connectivity index (χ1n) is 26.0. The zero-order chi connectivity index (χ0) is 59.5. The van der Waals surface area contributed by atoms with Crippen LogP contribution in [0, 0.1) is 60.1 Å². The molecule has 2 aromatic carbocycles. The van der Waals surface area contributed by atoms with Gasteiger partial charge in [-0.15, -0.1) is 12.3 Å². The number of likely N-dealkylation sites (tertiary alicyclic amines) is 2. The maximum Gasteiger partial charge on any atom is 0.410 e. The average Bonchev–Trinajstić information content (AvgIpc) is 3.01. The normalized spacial score (nSPS) is 22.6. The predicted octanol–water partition coefficient (Wildman–Crippen LogP) is 2.31. The van der Waals surface area contributed by atoms with E-state index in [1.165, 1.54) is 46.1 Å². The summed E-state index contributed by atoms with van der Waals surface area (Å²) in [5.41, 5.74) is 14.6. The predicted molar refractivity (Wildman–Crippen MR) is 298 cm³/mol. The summed E-state index contributed by atoms with van der Waals surface area (Å²) < 4.78 is 24.9. The molecule has 4 aliphatic heterocycles. The number of nitro groups is 2. The van der Waals surface area contributed by atoms with Gasteiger partial charge in [-0.1, -0.05) is 5.92 Å². The number of aromatic nitrogens is 8. The molecule has 4 saturated heterocycles. The fourth-order valence-corrected chi connectivity index (χ4v) is 9.97. The van der Waals surface area contributed by atoms with Crippen LogP contribution >= 0.6 is 22.6 Å². The van der Waals surface area contributed by atoms with Crippen LogP contribution in [0.25, 0.3) is 22.3 Å². The van der Waals surface area contributed by atoms with Gasteiger partial charge in [-0.2, -0.15) is 0 Å². The van der Waals surface area contributed by atoms with E-state index in [2.05, 4.69) is 47.7 Å². The summed E-state index contributed by atoms with van der Waals surface area (Å²) in [6.07, 6.45) is 3.21. The Morgan fingerprint density at radius 1 is 0.663 bits per heavy atom. The molecule has 2 amide bonds. The lowest BCUT2D eigenvalue weighted by molar-refractivity contribution is -0.385. The number of anilines is 2. The number of amides is 2. The first kappa shape index (κ1) is 61.1. The molecular formula is C52H59IN14O16. The van der Waals surface area contributed by atoms with E-state index >= 15 is 0 Å². The Morgan fingerprint density at radius 3 is 1.49 bits per heavy atom. The zero-order valence-corrected chi connectivity index (χ0v) is 46.3. The number of ether oxygens (including phenoxy) is 4. The molecule has 0 spiro atoms. The molecule has 4 fully saturated rings. The van der Waals surface area contributed by atoms with Crippen LogP contribution in [0.1, 0.15) is 67.9 Å². The molecule has 0 aliphatic carbocycles. The van der Waals surface area contributed by atoms with Crippen molar-refractivity contribution in [2.24, 2.45) is 11.8 Å². The van der Waals surface area contributed by atoms with Crippen molar-refractivity contribution in [3.8, 4) is 24.2 Å². The third-order valence-corrected chi connectivity index (χ3v) is 14.7. The fourth-order valence-electron chi connectivity index (χ4n) is 9.48. The number of aliphatic hydroxyl groups excluding tert-OH is 6. The second-order valence-corrected chi connectivity index (χ2v) is 20.6. The van der Waals surface area contributed by atoms with Gasteiger partial charge in [0, 0.05) is 85.9 Å². The molecule has 4 aliphatic rings. The zero-order valence-electron chi connectivity index (χ0n) is 44.2. The van der Waals surface area contributed by atoms with Crippen LogP contribution < -0.4 is 11.5 Å². The highest BCUT2D eigenvalue weighted by atomic mass is 127. The van der Waals surface area contributed by atoms with Crippen LogP contribution in [0.4, 0.5) is 32.6 Å². The maximum absolute atomic E-state index is 12.4. The van der Waals surface area contributed by atoms with Gasteiger partial charge in [0.2, 0.25) is 5.82 Å². The Bertz CT molecular complexity index is 3360. The molecule has 4 aromatic heterocycles. The SMILES string of the molecule is C#CCC1CCN(C(=O)OCc2ccc([N+](=O)[O-])cc2)CC1.Nc1nc(C#CCC2CCN(C(=O)OCc3ccc([N+](=O)[O-])cc3)CC2)nc2c1ncn2[C@@H]1O[C@H](CO)C(O)[C@@H]1O.Nc1nc(I)nc2c1ncn2[C@@H]1O[C@H](CO)C(O)[C@@H]1O. The number of carbonyl (C=O) groups excluding carboxylic acids is 2. The summed E-state index contributed by atoms with van der Waals surface area (Å²) in [6.45, 7) is 1.64. The minimum absolute atomic E-state index is 0.0191. The second kappa shape index (κ2) is 27.9. The van der Waals surface area contributed by atoms with Gasteiger partial charge in [0.05, 0.1) is 35.7 Å². The van der Waals surface area contributed by atoms with Crippen LogP contribution in [0.2, 0.25) is 0 Å². The number of piperidine rings is 2. The number of fused-ring (bicyclic) bond motifs is 2. The van der Waals surface area contributed by atoms with E-state index in [9.17, 15) is 55.4 Å². The smallest absolute Gasteiger partial charge is 0.410 e. The van der Waals surface area contributed by atoms with Crippen molar-refractivity contribution < 1.29 is 69.0 Å². The molecule has 2 unspecified atom stereocenters. The van der Waals surface area contributed by atoms with Crippen molar-refractivity contribution in [2.45, 2.75) is 101 Å². The lowest BCUT2D eigenvalue weighted by atomic mass is 9.94. The molecule has 0 bridgehead atoms. The molecule has 440 valence electrons. The number of nitro benzene ring substituents is 2. The monoisotopic (exact) mass is 1260 g/mol. The van der Waals surface area contributed by atoms with Gasteiger partial charge in [-0.25, -0.2) is 39.5 Å². The van der Waals surface area contributed by atoms with Crippen molar-refractivity contribution >= 4 is 80.1 Å². The standard InChI is InChI=1S/C26H29N7O8.C16H18N2O4.C10H12IN5O4/c27-23-20-24(32(14-28-20)25-22(36)21(35)18(12-34)41-25)30-19(29-23)3-1-2-15-8-10-31(11-9-15)26(37)40-13-16-4-6-17(7-5-16)33(38)39;1-2-3-13-8-10-17(11-9-13)16(19)22-12-14-4-6-15(7-5-14)18(20)21;11-10-14-7(12)4-8(15-10)16(2-13-4)9-6(19)5(18)3(1-17)20-9/h4-7,14-15,18,21-22,25,34-36H,2,8-13H2,(H2,27,29,30);1,4-7,13H,3,8-12H2;2-3,5-6,9,17-19H,1H2,(H2,12,14,15)/t18-,21?,22+,25-;;3-,5?,6+,9-/m1.1/s1. The number of halogens is 1. The number of nitrogen functional groups attached to an aromatic ring is 2. The number of non-ortho nitro benzene ring substituents is 2. The molecule has 8 atom stereocenters. The van der Waals surface area contributed by atoms with Crippen molar-refractivity contribution in [3.05, 3.63) is 102 Å². The van der Waals surface area contributed by atoms with Crippen LogP contribution in [0.15, 0.2) is 61.2 Å². The van der Waals surface area contributed by atoms with Gasteiger partial charge in [0.15, 0.2) is 39.2 Å². The van der Waals surface area contributed by atoms with Crippen LogP contribution in [0.3, 0.4) is 0 Å². The molecule has 83 heavy (non-hydrogen) atoms. The number of hydrogen-bond acceptors (Lipinski definition) is 24. The molecule has 8 heterocycles. The van der Waals surface area contributed by atoms with Gasteiger partial charge < -0.3 is 70.9 Å². The van der Waals surface area contributed by atoms with E-state index in [-0.39, 0.29) is 59.7 Å². The number of imidazole rings is 2. The van der Waals surface area contributed by atoms with E-state index in [0.29, 0.717) is 64.6 Å². The Kier molecular flexibility index (Phi) is 20.5. The number of terminal acetylenes is 1. The first-order valence-corrected chi connectivity index (χ1v) is 27.1. The molecular weight excluding hydrogens is 1200 g/mol. The van der Waals surface area contributed by atoms with Gasteiger partial charge >= 0.3 is 12.2 Å². The lowest BCUT2D eigenvalue weighted by Gasteiger charge is -2.30. The Morgan fingerprint density at radius 2 is 1.08 bits per heavy atom. The molecule has 10 rings (SSSR count). The number of hydrogen-bond donors (Lipinski definition) is 8. The summed E-state index contributed by atoms with van der Waals surface area (Å²) in [7, 11) is 0. The van der Waals surface area contributed by atoms with Crippen LogP contribution in [-0.2, 0) is 32.2 Å². The van der Waals surface area contributed by atoms with E-state index in [1.54, 1.807) is 34.1 Å². The lowest BCUT2D eigenvalue weighted by Crippen LogP contribution is -2.38. The molecule has 31 heteroatoms. The van der Waals surface area contributed by atoms with Crippen LogP contribution in [-0.4, -0.2) is 178 Å². The molecule has 30 nitrogen and oxygen atoms in total. The third kappa shape index (κ3) is 14.8. The fraction of sp³-hybridized carbons (Fsp3) is 0.462. The summed E-state index contributed by atoms with van der Waals surface area (Å²) in [5.74, 6) is 9.90. The van der Waals surface area contributed by atoms with Gasteiger partial charge in [-0.05, 0) is 78.8 Å². The highest BCUT2D eigenvalue weighted by Crippen LogP contribution is 2.34. The minimum Gasteiger partial charge on any atom is -0.445 e. The molecule has 0 radical (unpaired) electrons. The third-order valence-electron chi connectivity index (χ3n) is 14.2. The maximum atomic E-state index is 12.4. The Hall–Kier alpha value is -7.99. The summed E-state index contributed by atoms with van der Waals surface area (Å²) in [5, 5.41) is 80.1. The van der Waals surface area contributed by atoms with Gasteiger partial charge in [0.1, 0.15) is 60.9 Å². The number of benzene rings is 2. The first-order chi connectivity index (χ1) is 39.9. The van der Waals surface area contributed by atoms with Crippen LogP contribution in [0.5, 0.6) is 0 Å². The number of nitrogens with two attached hydrogens (primary N) is 2. The molecule has 6 aromatic rings. The second-order valence-electron chi connectivity index (χ2n) is 19.6. The van der Waals surface area contributed by atoms with Gasteiger partial charge in [0.25, 0.3) is 11.4 Å². The van der Waals surface area contributed by atoms with E-state index in [4.69, 9.17) is 41.9 Å². The van der Waals surface area contributed by atoms with E-state index < -0.39 is 78.2 Å². The highest BCUT2D eigenvalue weighted by molar-refractivity contribution is 14.1. The Labute approximate surface area is 485 Å².